The molecule has 85 heavy (non-hydrogen) atoms. The SMILES string of the molecule is c1ccc(-c2ccc(N3c4cc5c(cc4B4c6ccccc6N(c6ccccc6)c6cccc3c64)c3cc4c(cc3n5-c3ccccc3)N(c3ccc(-c5ccccc5)cc3)c3cccc5c3B4c3ccccc3N5c3ccccc3)cc2)cc1. The second kappa shape index (κ2) is 18.8. The van der Waals surface area contributed by atoms with Crippen LogP contribution in [0.25, 0.3) is 49.7 Å². The summed E-state index contributed by atoms with van der Waals surface area (Å²) in [7, 11) is 0. The molecule has 18 rings (SSSR count). The van der Waals surface area contributed by atoms with E-state index >= 15 is 0 Å². The van der Waals surface area contributed by atoms with E-state index in [2.05, 4.69) is 334 Å². The van der Waals surface area contributed by atoms with Crippen LogP contribution in [0.5, 0.6) is 0 Å². The second-order valence-electron chi connectivity index (χ2n) is 22.8. The number of fused-ring (bicyclic) bond motifs is 11. The van der Waals surface area contributed by atoms with E-state index in [1.54, 1.807) is 0 Å². The molecule has 0 aliphatic carbocycles. The molecule has 0 fully saturated rings. The second-order valence-corrected chi connectivity index (χ2v) is 22.8. The van der Waals surface area contributed by atoms with Gasteiger partial charge in [0.15, 0.2) is 0 Å². The number of nitrogens with zero attached hydrogens (tertiary/aromatic N) is 5. The molecule has 0 atom stereocenters. The smallest absolute Gasteiger partial charge is 0.252 e. The van der Waals surface area contributed by atoms with Crippen molar-refractivity contribution in [2.45, 2.75) is 0 Å². The van der Waals surface area contributed by atoms with Gasteiger partial charge in [0.25, 0.3) is 13.4 Å². The zero-order valence-corrected chi connectivity index (χ0v) is 46.3. The highest BCUT2D eigenvalue weighted by Gasteiger charge is 2.46. The fraction of sp³-hybridized carbons (Fsp3) is 0. The molecule has 394 valence electrons. The number of anilines is 12. The molecule has 4 aliphatic heterocycles. The van der Waals surface area contributed by atoms with E-state index in [4.69, 9.17) is 0 Å². The van der Waals surface area contributed by atoms with Gasteiger partial charge in [-0.1, -0.05) is 200 Å². The standard InChI is InChI=1S/C78H51B2N5/c1-6-22-52(23-7-1)54-40-44-59(45-41-54)83-71-38-20-36-69-77(71)79(63-32-16-18-34-67(63)81(69)56-26-10-3-11-27-56)65-48-61-62-49-66-76(51-74(62)85(73(61)50-75(65)83)58-30-14-5-15-31-58)84(60-46-42-55(43-47-60)53-24-8-2-9-25-53)72-39-21-37-70-78(72)80(66)64-33-17-19-35-68(64)82(70)57-28-12-4-13-29-57/h1-51H. The van der Waals surface area contributed by atoms with Gasteiger partial charge in [0.2, 0.25) is 0 Å². The van der Waals surface area contributed by atoms with E-state index in [0.29, 0.717) is 0 Å². The Hall–Kier alpha value is -11.0. The third-order valence-corrected chi connectivity index (χ3v) is 18.3. The Labute approximate surface area is 495 Å². The molecule has 5 nitrogen and oxygen atoms in total. The molecule has 0 bridgehead atoms. The number of benzene rings is 13. The molecule has 7 heteroatoms. The van der Waals surface area contributed by atoms with Gasteiger partial charge in [-0.15, -0.1) is 0 Å². The lowest BCUT2D eigenvalue weighted by Crippen LogP contribution is -2.61. The quantitative estimate of drug-likeness (QED) is 0.148. The zero-order chi connectivity index (χ0) is 55.7. The fourth-order valence-corrected chi connectivity index (χ4v) is 14.8. The Balaban J connectivity index is 0.934. The third kappa shape index (κ3) is 7.14. The lowest BCUT2D eigenvalue weighted by Gasteiger charge is -2.44. The molecule has 0 spiro atoms. The molecular formula is C78H51B2N5. The van der Waals surface area contributed by atoms with Gasteiger partial charge >= 0.3 is 0 Å². The van der Waals surface area contributed by atoms with Crippen molar-refractivity contribution in [1.29, 1.82) is 0 Å². The largest absolute Gasteiger partial charge is 0.311 e. The number of hydrogen-bond donors (Lipinski definition) is 0. The van der Waals surface area contributed by atoms with Crippen molar-refractivity contribution in [2.75, 3.05) is 19.6 Å². The Kier molecular flexibility index (Phi) is 10.5. The lowest BCUT2D eigenvalue weighted by atomic mass is 9.33. The number of para-hydroxylation sites is 5. The predicted octanol–water partition coefficient (Wildman–Crippen LogP) is 16.3. The minimum atomic E-state index is -0.0627. The van der Waals surface area contributed by atoms with Crippen molar-refractivity contribution in [3.05, 3.63) is 309 Å². The van der Waals surface area contributed by atoms with Gasteiger partial charge in [-0.2, -0.15) is 0 Å². The predicted molar refractivity (Wildman–Crippen MR) is 360 cm³/mol. The number of aromatic nitrogens is 1. The molecule has 1 aromatic heterocycles. The summed E-state index contributed by atoms with van der Waals surface area (Å²) < 4.78 is 2.54. The molecule has 5 heterocycles. The first-order valence-electron chi connectivity index (χ1n) is 29.5. The van der Waals surface area contributed by atoms with Crippen LogP contribution in [0.3, 0.4) is 0 Å². The molecule has 0 radical (unpaired) electrons. The summed E-state index contributed by atoms with van der Waals surface area (Å²) in [4.78, 5) is 10.0. The van der Waals surface area contributed by atoms with Crippen LogP contribution in [0, 0.1) is 0 Å². The highest BCUT2D eigenvalue weighted by atomic mass is 15.2. The summed E-state index contributed by atoms with van der Waals surface area (Å²) in [5.74, 6) is 0. The summed E-state index contributed by atoms with van der Waals surface area (Å²) in [6.45, 7) is -0.125. The monoisotopic (exact) mass is 1080 g/mol. The Morgan fingerprint density at radius 3 is 0.882 bits per heavy atom. The first-order chi connectivity index (χ1) is 42.2. The van der Waals surface area contributed by atoms with Crippen molar-refractivity contribution in [1.82, 2.24) is 4.57 Å². The van der Waals surface area contributed by atoms with Gasteiger partial charge in [-0.05, 0) is 164 Å². The van der Waals surface area contributed by atoms with Crippen molar-refractivity contribution in [3.8, 4) is 27.9 Å². The normalized spacial score (nSPS) is 13.3. The van der Waals surface area contributed by atoms with Gasteiger partial charge in [0.1, 0.15) is 0 Å². The van der Waals surface area contributed by atoms with Crippen LogP contribution < -0.4 is 52.4 Å². The molecule has 13 aromatic carbocycles. The molecule has 0 unspecified atom stereocenters. The average molecular weight is 1080 g/mol. The topological polar surface area (TPSA) is 17.9 Å². The highest BCUT2D eigenvalue weighted by Crippen LogP contribution is 2.49. The molecule has 0 saturated carbocycles. The molecular weight excluding hydrogens is 1030 g/mol. The van der Waals surface area contributed by atoms with E-state index in [0.717, 1.165) is 39.5 Å². The maximum atomic E-state index is 2.58. The van der Waals surface area contributed by atoms with Crippen molar-refractivity contribution in [2.24, 2.45) is 0 Å². The Morgan fingerprint density at radius 1 is 0.200 bits per heavy atom. The van der Waals surface area contributed by atoms with Gasteiger partial charge in [-0.25, -0.2) is 0 Å². The van der Waals surface area contributed by atoms with Crippen LogP contribution in [0.4, 0.5) is 68.2 Å². The minimum absolute atomic E-state index is 0.0627. The first-order valence-corrected chi connectivity index (χ1v) is 29.5. The number of hydrogen-bond acceptors (Lipinski definition) is 4. The van der Waals surface area contributed by atoms with Gasteiger partial charge < -0.3 is 24.2 Å². The van der Waals surface area contributed by atoms with E-state index in [9.17, 15) is 0 Å². The van der Waals surface area contributed by atoms with Gasteiger partial charge in [0.05, 0.1) is 11.0 Å². The summed E-state index contributed by atoms with van der Waals surface area (Å²) >= 11 is 0. The molecule has 14 aromatic rings. The summed E-state index contributed by atoms with van der Waals surface area (Å²) in [5.41, 5.74) is 29.9. The first kappa shape index (κ1) is 47.6. The van der Waals surface area contributed by atoms with E-state index in [1.165, 1.54) is 111 Å². The van der Waals surface area contributed by atoms with Crippen LogP contribution in [0.1, 0.15) is 0 Å². The molecule has 0 saturated heterocycles. The summed E-state index contributed by atoms with van der Waals surface area (Å²) in [6.07, 6.45) is 0. The average Bonchev–Trinajstić information content (AvgIpc) is 1.94. The van der Waals surface area contributed by atoms with Crippen molar-refractivity contribution in [3.63, 3.8) is 0 Å². The number of rotatable bonds is 7. The molecule has 0 N–H and O–H groups in total. The maximum Gasteiger partial charge on any atom is 0.252 e. The third-order valence-electron chi connectivity index (χ3n) is 18.3. The Bertz CT molecular complexity index is 4660. The minimum Gasteiger partial charge on any atom is -0.311 e. The molecule has 0 amide bonds. The van der Waals surface area contributed by atoms with Crippen LogP contribution in [0.2, 0.25) is 0 Å². The maximum absolute atomic E-state index is 2.58. The van der Waals surface area contributed by atoms with Crippen molar-refractivity contribution >= 4 is 136 Å². The van der Waals surface area contributed by atoms with Crippen LogP contribution in [-0.4, -0.2) is 18.0 Å². The van der Waals surface area contributed by atoms with Gasteiger partial charge in [-0.3, -0.25) is 0 Å². The summed E-state index contributed by atoms with van der Waals surface area (Å²) in [6, 6.07) is 115. The Morgan fingerprint density at radius 2 is 0.494 bits per heavy atom. The van der Waals surface area contributed by atoms with E-state index in [-0.39, 0.29) is 13.4 Å². The zero-order valence-electron chi connectivity index (χ0n) is 46.3. The fourth-order valence-electron chi connectivity index (χ4n) is 14.8. The lowest BCUT2D eigenvalue weighted by molar-refractivity contribution is 1.17. The highest BCUT2D eigenvalue weighted by molar-refractivity contribution is 7.01. The van der Waals surface area contributed by atoms with Crippen molar-refractivity contribution < 1.29 is 0 Å². The van der Waals surface area contributed by atoms with Crippen LogP contribution >= 0.6 is 0 Å². The van der Waals surface area contributed by atoms with E-state index in [1.807, 2.05) is 0 Å². The van der Waals surface area contributed by atoms with E-state index < -0.39 is 0 Å². The van der Waals surface area contributed by atoms with Crippen LogP contribution in [0.15, 0.2) is 309 Å². The van der Waals surface area contributed by atoms with Gasteiger partial charge in [0, 0.05) is 84.7 Å². The molecule has 4 aliphatic rings. The van der Waals surface area contributed by atoms with Crippen LogP contribution in [-0.2, 0) is 0 Å². The summed E-state index contributed by atoms with van der Waals surface area (Å²) in [5, 5.41) is 2.44.